The molecule has 1 heterocycles. The molecule has 0 aromatic heterocycles. The molecule has 0 saturated heterocycles. The average Bonchev–Trinajstić information content (AvgIpc) is 2.60. The van der Waals surface area contributed by atoms with E-state index in [1.807, 2.05) is 42.5 Å². The van der Waals surface area contributed by atoms with Crippen molar-refractivity contribution < 1.29 is 14.3 Å². The Morgan fingerprint density at radius 3 is 2.74 bits per heavy atom. The van der Waals surface area contributed by atoms with Gasteiger partial charge in [0, 0.05) is 13.1 Å². The van der Waals surface area contributed by atoms with Crippen LogP contribution < -0.4 is 4.74 Å². The number of hydrogen-bond acceptors (Lipinski definition) is 3. The summed E-state index contributed by atoms with van der Waals surface area (Å²) in [4.78, 5) is 14.0. The van der Waals surface area contributed by atoms with E-state index >= 15 is 0 Å². The molecule has 2 aromatic carbocycles. The largest absolute Gasteiger partial charge is 0.496 e. The van der Waals surface area contributed by atoms with E-state index in [2.05, 4.69) is 15.9 Å². The van der Waals surface area contributed by atoms with E-state index in [4.69, 9.17) is 9.47 Å². The second-order valence-electron chi connectivity index (χ2n) is 5.43. The smallest absolute Gasteiger partial charge is 0.410 e. The molecular weight excluding hydrogens is 358 g/mol. The Labute approximate surface area is 144 Å². The third-order valence-corrected chi connectivity index (χ3v) is 4.85. The van der Waals surface area contributed by atoms with Crippen molar-refractivity contribution in [2.24, 2.45) is 0 Å². The van der Waals surface area contributed by atoms with E-state index in [-0.39, 0.29) is 6.09 Å². The number of fused-ring (bicyclic) bond motifs is 1. The molecule has 4 nitrogen and oxygen atoms in total. The molecule has 0 radical (unpaired) electrons. The van der Waals surface area contributed by atoms with Crippen LogP contribution in [0, 0.1) is 0 Å². The van der Waals surface area contributed by atoms with Gasteiger partial charge >= 0.3 is 6.09 Å². The fraction of sp³-hybridized carbons (Fsp3) is 0.278. The maximum absolute atomic E-state index is 12.3. The lowest BCUT2D eigenvalue weighted by Crippen LogP contribution is -2.36. The van der Waals surface area contributed by atoms with Gasteiger partial charge in [0.25, 0.3) is 0 Å². The zero-order chi connectivity index (χ0) is 16.2. The molecular formula is C18H18BrNO3. The Bertz CT molecular complexity index is 703. The van der Waals surface area contributed by atoms with Crippen molar-refractivity contribution in [3.63, 3.8) is 0 Å². The van der Waals surface area contributed by atoms with Gasteiger partial charge in [0.2, 0.25) is 0 Å². The van der Waals surface area contributed by atoms with Gasteiger partial charge in [-0.2, -0.15) is 0 Å². The van der Waals surface area contributed by atoms with Crippen molar-refractivity contribution in [2.75, 3.05) is 13.7 Å². The fourth-order valence-electron chi connectivity index (χ4n) is 2.71. The van der Waals surface area contributed by atoms with Crippen LogP contribution in [0.2, 0.25) is 0 Å². The minimum atomic E-state index is -0.272. The molecule has 1 aliphatic heterocycles. The molecule has 23 heavy (non-hydrogen) atoms. The molecule has 0 bridgehead atoms. The molecule has 0 fully saturated rings. The predicted octanol–water partition coefficient (Wildman–Crippen LogP) is 4.15. The van der Waals surface area contributed by atoms with Gasteiger partial charge in [0.1, 0.15) is 12.4 Å². The van der Waals surface area contributed by atoms with E-state index in [1.165, 1.54) is 5.56 Å². The standard InChI is InChI=1S/C18H18BrNO3/c1-22-16-8-7-14-11-20(10-9-15(14)17(16)19)18(21)23-12-13-5-3-2-4-6-13/h2-8H,9-12H2,1H3. The SMILES string of the molecule is COc1ccc2c(c1Br)CCN(C(=O)OCc1ccccc1)C2. The van der Waals surface area contributed by atoms with Crippen molar-refractivity contribution >= 4 is 22.0 Å². The summed E-state index contributed by atoms with van der Waals surface area (Å²) in [5.74, 6) is 0.823. The van der Waals surface area contributed by atoms with Gasteiger partial charge in [-0.05, 0) is 45.1 Å². The molecule has 0 saturated carbocycles. The normalized spacial score (nSPS) is 13.4. The summed E-state index contributed by atoms with van der Waals surface area (Å²) in [7, 11) is 1.66. The Morgan fingerprint density at radius 1 is 1.22 bits per heavy atom. The van der Waals surface area contributed by atoms with E-state index in [0.717, 1.165) is 27.8 Å². The number of carbonyl (C=O) groups excluding carboxylic acids is 1. The Balaban J connectivity index is 1.65. The minimum absolute atomic E-state index is 0.272. The molecule has 0 atom stereocenters. The summed E-state index contributed by atoms with van der Waals surface area (Å²) in [6.07, 6.45) is 0.513. The first-order valence-corrected chi connectivity index (χ1v) is 8.28. The first-order chi connectivity index (χ1) is 11.2. The van der Waals surface area contributed by atoms with Gasteiger partial charge in [0.15, 0.2) is 0 Å². The monoisotopic (exact) mass is 375 g/mol. The molecule has 1 amide bonds. The highest BCUT2D eigenvalue weighted by molar-refractivity contribution is 9.10. The second kappa shape index (κ2) is 7.04. The number of amides is 1. The lowest BCUT2D eigenvalue weighted by atomic mass is 10.00. The van der Waals surface area contributed by atoms with Crippen LogP contribution >= 0.6 is 15.9 Å². The predicted molar refractivity (Wildman–Crippen MR) is 91.4 cm³/mol. The summed E-state index contributed by atoms with van der Waals surface area (Å²) in [5, 5.41) is 0. The fourth-order valence-corrected chi connectivity index (χ4v) is 3.46. The van der Waals surface area contributed by atoms with Gasteiger partial charge in [0.05, 0.1) is 11.6 Å². The molecule has 0 N–H and O–H groups in total. The molecule has 5 heteroatoms. The molecule has 0 unspecified atom stereocenters. The average molecular weight is 376 g/mol. The number of ether oxygens (including phenoxy) is 2. The number of nitrogens with zero attached hydrogens (tertiary/aromatic N) is 1. The van der Waals surface area contributed by atoms with Crippen molar-refractivity contribution in [1.82, 2.24) is 4.90 Å². The van der Waals surface area contributed by atoms with Crippen LogP contribution in [-0.4, -0.2) is 24.6 Å². The minimum Gasteiger partial charge on any atom is -0.496 e. The number of benzene rings is 2. The van der Waals surface area contributed by atoms with Crippen LogP contribution in [0.25, 0.3) is 0 Å². The zero-order valence-electron chi connectivity index (χ0n) is 12.9. The van der Waals surface area contributed by atoms with Crippen molar-refractivity contribution in [3.05, 3.63) is 63.6 Å². The highest BCUT2D eigenvalue weighted by atomic mass is 79.9. The maximum atomic E-state index is 12.3. The number of hydrogen-bond donors (Lipinski definition) is 0. The van der Waals surface area contributed by atoms with E-state index < -0.39 is 0 Å². The lowest BCUT2D eigenvalue weighted by molar-refractivity contribution is 0.0918. The van der Waals surface area contributed by atoms with Crippen molar-refractivity contribution in [1.29, 1.82) is 0 Å². The zero-order valence-corrected chi connectivity index (χ0v) is 14.5. The highest BCUT2D eigenvalue weighted by Gasteiger charge is 2.24. The second-order valence-corrected chi connectivity index (χ2v) is 6.22. The molecule has 120 valence electrons. The number of methoxy groups -OCH3 is 1. The van der Waals surface area contributed by atoms with Crippen LogP contribution in [0.4, 0.5) is 4.79 Å². The molecule has 3 rings (SSSR count). The van der Waals surface area contributed by atoms with E-state index in [1.54, 1.807) is 12.0 Å². The van der Waals surface area contributed by atoms with Gasteiger partial charge in [-0.15, -0.1) is 0 Å². The van der Waals surface area contributed by atoms with Crippen molar-refractivity contribution in [2.45, 2.75) is 19.6 Å². The number of halogens is 1. The van der Waals surface area contributed by atoms with Crippen LogP contribution in [-0.2, 0) is 24.3 Å². The summed E-state index contributed by atoms with van der Waals surface area (Å²) in [6, 6.07) is 13.6. The maximum Gasteiger partial charge on any atom is 0.410 e. The molecule has 2 aromatic rings. The van der Waals surface area contributed by atoms with Gasteiger partial charge < -0.3 is 14.4 Å². The summed E-state index contributed by atoms with van der Waals surface area (Å²) in [5.41, 5.74) is 3.32. The van der Waals surface area contributed by atoms with Crippen LogP contribution in [0.3, 0.4) is 0 Å². The Morgan fingerprint density at radius 2 is 2.00 bits per heavy atom. The first kappa shape index (κ1) is 15.9. The lowest BCUT2D eigenvalue weighted by Gasteiger charge is -2.29. The number of carbonyl (C=O) groups is 1. The van der Waals surface area contributed by atoms with Gasteiger partial charge in [-0.25, -0.2) is 4.79 Å². The van der Waals surface area contributed by atoms with Gasteiger partial charge in [-0.1, -0.05) is 36.4 Å². The van der Waals surface area contributed by atoms with Crippen LogP contribution in [0.15, 0.2) is 46.9 Å². The number of rotatable bonds is 3. The Hall–Kier alpha value is -2.01. The molecule has 0 aliphatic carbocycles. The summed E-state index contributed by atoms with van der Waals surface area (Å²) in [6.45, 7) is 1.51. The van der Waals surface area contributed by atoms with Gasteiger partial charge in [-0.3, -0.25) is 0 Å². The summed E-state index contributed by atoms with van der Waals surface area (Å²) < 4.78 is 11.7. The molecule has 0 spiro atoms. The van der Waals surface area contributed by atoms with Crippen LogP contribution in [0.1, 0.15) is 16.7 Å². The van der Waals surface area contributed by atoms with E-state index in [0.29, 0.717) is 19.7 Å². The van der Waals surface area contributed by atoms with Crippen LogP contribution in [0.5, 0.6) is 5.75 Å². The van der Waals surface area contributed by atoms with E-state index in [9.17, 15) is 4.79 Å². The summed E-state index contributed by atoms with van der Waals surface area (Å²) >= 11 is 3.59. The topological polar surface area (TPSA) is 38.8 Å². The molecule has 1 aliphatic rings. The highest BCUT2D eigenvalue weighted by Crippen LogP contribution is 2.34. The third-order valence-electron chi connectivity index (χ3n) is 3.98. The Kier molecular flexibility index (Phi) is 4.86. The quantitative estimate of drug-likeness (QED) is 0.808. The first-order valence-electron chi connectivity index (χ1n) is 7.49. The van der Waals surface area contributed by atoms with Crippen molar-refractivity contribution in [3.8, 4) is 5.75 Å². The third kappa shape index (κ3) is 3.50.